The van der Waals surface area contributed by atoms with Crippen molar-refractivity contribution in [2.24, 2.45) is 5.73 Å². The molecule has 2 N–H and O–H groups in total. The first-order chi connectivity index (χ1) is 11.2. The van der Waals surface area contributed by atoms with Crippen LogP contribution in [-0.2, 0) is 16.8 Å². The SMILES string of the molecule is CC.COC(=O)c1cc(F)cn1CC(C)(N)c1cc(Br)ccc1F. The zero-order valence-corrected chi connectivity index (χ0v) is 15.7. The van der Waals surface area contributed by atoms with Crippen LogP contribution in [0.1, 0.15) is 36.8 Å². The number of halogens is 3. The van der Waals surface area contributed by atoms with Crippen LogP contribution in [0.2, 0.25) is 0 Å². The topological polar surface area (TPSA) is 57.2 Å². The molecule has 0 bridgehead atoms. The number of benzene rings is 1. The lowest BCUT2D eigenvalue weighted by atomic mass is 9.92. The molecule has 132 valence electrons. The van der Waals surface area contributed by atoms with Crippen LogP contribution in [0.15, 0.2) is 34.9 Å². The molecule has 2 aromatic rings. The summed E-state index contributed by atoms with van der Waals surface area (Å²) in [5.41, 5.74) is 5.33. The van der Waals surface area contributed by atoms with Crippen molar-refractivity contribution >= 4 is 21.9 Å². The second-order valence-electron chi connectivity index (χ2n) is 5.20. The number of hydrogen-bond donors (Lipinski definition) is 1. The van der Waals surface area contributed by atoms with E-state index in [1.54, 1.807) is 19.1 Å². The second-order valence-corrected chi connectivity index (χ2v) is 6.12. The van der Waals surface area contributed by atoms with Gasteiger partial charge in [-0.15, -0.1) is 0 Å². The summed E-state index contributed by atoms with van der Waals surface area (Å²) in [6.07, 6.45) is 1.13. The lowest BCUT2D eigenvalue weighted by Crippen LogP contribution is -2.39. The van der Waals surface area contributed by atoms with Gasteiger partial charge < -0.3 is 15.0 Å². The maximum absolute atomic E-state index is 14.0. The summed E-state index contributed by atoms with van der Waals surface area (Å²) < 4.78 is 34.1. The normalized spacial score (nSPS) is 12.8. The Morgan fingerprint density at radius 1 is 1.33 bits per heavy atom. The van der Waals surface area contributed by atoms with E-state index in [1.807, 2.05) is 13.8 Å². The Morgan fingerprint density at radius 3 is 2.54 bits per heavy atom. The molecule has 0 saturated heterocycles. The molecule has 1 aromatic heterocycles. The van der Waals surface area contributed by atoms with E-state index in [-0.39, 0.29) is 17.8 Å². The number of rotatable bonds is 4. The largest absolute Gasteiger partial charge is 0.464 e. The molecule has 0 fully saturated rings. The number of nitrogens with zero attached hydrogens (tertiary/aromatic N) is 1. The third-order valence-corrected chi connectivity index (χ3v) is 3.79. The van der Waals surface area contributed by atoms with Crippen molar-refractivity contribution in [3.05, 3.63) is 57.8 Å². The Bertz CT molecular complexity index is 715. The Labute approximate surface area is 148 Å². The third kappa shape index (κ3) is 4.64. The van der Waals surface area contributed by atoms with Crippen molar-refractivity contribution in [3.8, 4) is 0 Å². The van der Waals surface area contributed by atoms with E-state index in [4.69, 9.17) is 5.73 Å². The molecule has 0 aliphatic heterocycles. The van der Waals surface area contributed by atoms with Crippen LogP contribution in [0.3, 0.4) is 0 Å². The molecule has 4 nitrogen and oxygen atoms in total. The summed E-state index contributed by atoms with van der Waals surface area (Å²) >= 11 is 3.26. The van der Waals surface area contributed by atoms with Crippen LogP contribution in [-0.4, -0.2) is 17.6 Å². The maximum atomic E-state index is 14.0. The van der Waals surface area contributed by atoms with Gasteiger partial charge in [0.2, 0.25) is 0 Å². The number of nitrogens with two attached hydrogens (primary N) is 1. The van der Waals surface area contributed by atoms with Crippen molar-refractivity contribution in [2.45, 2.75) is 32.9 Å². The van der Waals surface area contributed by atoms with Crippen molar-refractivity contribution in [1.29, 1.82) is 0 Å². The Kier molecular flexibility index (Phi) is 7.10. The number of carbonyl (C=O) groups is 1. The monoisotopic (exact) mass is 402 g/mol. The van der Waals surface area contributed by atoms with Crippen LogP contribution >= 0.6 is 15.9 Å². The van der Waals surface area contributed by atoms with Crippen LogP contribution in [0.25, 0.3) is 0 Å². The van der Waals surface area contributed by atoms with E-state index >= 15 is 0 Å². The average Bonchev–Trinajstić information content (AvgIpc) is 2.90. The highest BCUT2D eigenvalue weighted by Gasteiger charge is 2.28. The minimum absolute atomic E-state index is 0.00866. The van der Waals surface area contributed by atoms with Crippen molar-refractivity contribution < 1.29 is 18.3 Å². The first-order valence-corrected chi connectivity index (χ1v) is 8.22. The fourth-order valence-corrected chi connectivity index (χ4v) is 2.62. The lowest BCUT2D eigenvalue weighted by Gasteiger charge is -2.27. The Hall–Kier alpha value is -1.73. The summed E-state index contributed by atoms with van der Waals surface area (Å²) in [6, 6.07) is 5.47. The van der Waals surface area contributed by atoms with E-state index < -0.39 is 23.1 Å². The third-order valence-electron chi connectivity index (χ3n) is 3.30. The molecule has 24 heavy (non-hydrogen) atoms. The van der Waals surface area contributed by atoms with Gasteiger partial charge in [0.15, 0.2) is 0 Å². The van der Waals surface area contributed by atoms with Gasteiger partial charge in [-0.3, -0.25) is 0 Å². The highest BCUT2D eigenvalue weighted by Crippen LogP contribution is 2.27. The van der Waals surface area contributed by atoms with Gasteiger partial charge in [0.25, 0.3) is 0 Å². The molecule has 1 atom stereocenters. The second kappa shape index (κ2) is 8.39. The smallest absolute Gasteiger partial charge is 0.354 e. The van der Waals surface area contributed by atoms with Crippen LogP contribution < -0.4 is 5.73 Å². The molecule has 1 unspecified atom stereocenters. The first kappa shape index (κ1) is 20.3. The van der Waals surface area contributed by atoms with Gasteiger partial charge >= 0.3 is 5.97 Å². The Morgan fingerprint density at radius 2 is 1.96 bits per heavy atom. The number of hydrogen-bond acceptors (Lipinski definition) is 3. The summed E-state index contributed by atoms with van der Waals surface area (Å²) in [4.78, 5) is 11.7. The van der Waals surface area contributed by atoms with Gasteiger partial charge in [0.05, 0.1) is 12.6 Å². The van der Waals surface area contributed by atoms with Crippen LogP contribution in [0, 0.1) is 11.6 Å². The lowest BCUT2D eigenvalue weighted by molar-refractivity contribution is 0.0587. The molecule has 0 amide bonds. The van der Waals surface area contributed by atoms with Gasteiger partial charge in [0, 0.05) is 28.8 Å². The molecule has 0 radical (unpaired) electrons. The maximum Gasteiger partial charge on any atom is 0.354 e. The van der Waals surface area contributed by atoms with E-state index in [0.717, 1.165) is 12.3 Å². The molecule has 0 spiro atoms. The molecule has 0 saturated carbocycles. The molecule has 1 heterocycles. The number of methoxy groups -OCH3 is 1. The predicted molar refractivity (Wildman–Crippen MR) is 92.7 cm³/mol. The van der Waals surface area contributed by atoms with E-state index in [0.29, 0.717) is 4.47 Å². The van der Waals surface area contributed by atoms with E-state index in [1.165, 1.54) is 17.7 Å². The van der Waals surface area contributed by atoms with Crippen molar-refractivity contribution in [3.63, 3.8) is 0 Å². The fraction of sp³-hybridized carbons (Fsp3) is 0.353. The predicted octanol–water partition coefficient (Wildman–Crippen LogP) is 4.22. The van der Waals surface area contributed by atoms with Crippen LogP contribution in [0.4, 0.5) is 8.78 Å². The van der Waals surface area contributed by atoms with Gasteiger partial charge in [-0.05, 0) is 25.1 Å². The molecule has 2 rings (SSSR count). The minimum Gasteiger partial charge on any atom is -0.464 e. The summed E-state index contributed by atoms with van der Waals surface area (Å²) in [7, 11) is 1.20. The minimum atomic E-state index is -1.15. The highest BCUT2D eigenvalue weighted by atomic mass is 79.9. The summed E-state index contributed by atoms with van der Waals surface area (Å²) in [6.45, 7) is 5.62. The number of aromatic nitrogens is 1. The Balaban J connectivity index is 0.00000139. The molecule has 7 heteroatoms. The molecule has 0 aliphatic rings. The molecular formula is C17H21BrF2N2O2. The first-order valence-electron chi connectivity index (χ1n) is 7.43. The van der Waals surface area contributed by atoms with Gasteiger partial charge in [0.1, 0.15) is 17.3 Å². The van der Waals surface area contributed by atoms with Gasteiger partial charge in [-0.2, -0.15) is 0 Å². The fourth-order valence-electron chi connectivity index (χ4n) is 2.25. The molecule has 0 aliphatic carbocycles. The number of esters is 1. The van der Waals surface area contributed by atoms with E-state index in [9.17, 15) is 13.6 Å². The molecular weight excluding hydrogens is 382 g/mol. The van der Waals surface area contributed by atoms with Crippen molar-refractivity contribution in [2.75, 3.05) is 7.11 Å². The number of ether oxygens (including phenoxy) is 1. The van der Waals surface area contributed by atoms with E-state index in [2.05, 4.69) is 20.7 Å². The zero-order chi connectivity index (χ0) is 18.5. The van der Waals surface area contributed by atoms with Gasteiger partial charge in [-0.25, -0.2) is 13.6 Å². The van der Waals surface area contributed by atoms with Gasteiger partial charge in [-0.1, -0.05) is 29.8 Å². The molecule has 1 aromatic carbocycles. The quantitative estimate of drug-likeness (QED) is 0.778. The zero-order valence-electron chi connectivity index (χ0n) is 14.1. The summed E-state index contributed by atoms with van der Waals surface area (Å²) in [5.74, 6) is -1.75. The average molecular weight is 403 g/mol. The van der Waals surface area contributed by atoms with Crippen molar-refractivity contribution in [1.82, 2.24) is 4.57 Å². The standard InChI is InChI=1S/C15H15BrF2N2O2.C2H6/c1-15(19,11-5-9(16)3-4-12(11)18)8-20-7-10(17)6-13(20)14(21)22-2;1-2/h3-7H,8,19H2,1-2H3;1-2H3. The summed E-state index contributed by atoms with van der Waals surface area (Å²) in [5, 5.41) is 0. The highest BCUT2D eigenvalue weighted by molar-refractivity contribution is 9.10. The number of carbonyl (C=O) groups excluding carboxylic acids is 1. The van der Waals surface area contributed by atoms with Crippen LogP contribution in [0.5, 0.6) is 0 Å².